The SMILES string of the molecule is COc1ccc2cc(C(=O)NCC3CN(Cc4ccccc4)CCO3)c(C)nc2c1. The van der Waals surface area contributed by atoms with Crippen LogP contribution in [0.2, 0.25) is 0 Å². The van der Waals surface area contributed by atoms with E-state index in [1.54, 1.807) is 7.11 Å². The summed E-state index contributed by atoms with van der Waals surface area (Å²) in [5.74, 6) is 0.627. The van der Waals surface area contributed by atoms with Crippen molar-refractivity contribution in [2.45, 2.75) is 19.6 Å². The normalized spacial score (nSPS) is 17.1. The van der Waals surface area contributed by atoms with Crippen LogP contribution >= 0.6 is 0 Å². The smallest absolute Gasteiger partial charge is 0.253 e. The van der Waals surface area contributed by atoms with Gasteiger partial charge in [0.1, 0.15) is 5.75 Å². The monoisotopic (exact) mass is 405 g/mol. The van der Waals surface area contributed by atoms with Crippen molar-refractivity contribution in [1.82, 2.24) is 15.2 Å². The van der Waals surface area contributed by atoms with Gasteiger partial charge < -0.3 is 14.8 Å². The second kappa shape index (κ2) is 9.24. The summed E-state index contributed by atoms with van der Waals surface area (Å²) in [4.78, 5) is 19.7. The predicted octanol–water partition coefficient (Wildman–Crippen LogP) is 3.18. The van der Waals surface area contributed by atoms with Gasteiger partial charge in [0.05, 0.1) is 36.6 Å². The van der Waals surface area contributed by atoms with Crippen LogP contribution in [-0.2, 0) is 11.3 Å². The van der Waals surface area contributed by atoms with Gasteiger partial charge in [-0.2, -0.15) is 0 Å². The highest BCUT2D eigenvalue weighted by Gasteiger charge is 2.22. The molecular formula is C24H27N3O3. The molecule has 3 aromatic rings. The lowest BCUT2D eigenvalue weighted by Crippen LogP contribution is -2.47. The topological polar surface area (TPSA) is 63.7 Å². The molecular weight excluding hydrogens is 378 g/mol. The molecule has 1 atom stereocenters. The van der Waals surface area contributed by atoms with Crippen molar-refractivity contribution in [2.24, 2.45) is 0 Å². The second-order valence-corrected chi connectivity index (χ2v) is 7.60. The highest BCUT2D eigenvalue weighted by atomic mass is 16.5. The average molecular weight is 405 g/mol. The molecule has 156 valence electrons. The number of hydrogen-bond acceptors (Lipinski definition) is 5. The van der Waals surface area contributed by atoms with Crippen LogP contribution < -0.4 is 10.1 Å². The minimum Gasteiger partial charge on any atom is -0.497 e. The van der Waals surface area contributed by atoms with Gasteiger partial charge in [-0.1, -0.05) is 30.3 Å². The van der Waals surface area contributed by atoms with E-state index in [1.807, 2.05) is 37.3 Å². The van der Waals surface area contributed by atoms with Gasteiger partial charge >= 0.3 is 0 Å². The number of fused-ring (bicyclic) bond motifs is 1. The summed E-state index contributed by atoms with van der Waals surface area (Å²) in [7, 11) is 1.63. The maximum Gasteiger partial charge on any atom is 0.253 e. The number of aryl methyl sites for hydroxylation is 1. The minimum atomic E-state index is -0.124. The summed E-state index contributed by atoms with van der Waals surface area (Å²) in [6, 6.07) is 18.0. The van der Waals surface area contributed by atoms with Crippen LogP contribution in [-0.4, -0.2) is 55.2 Å². The van der Waals surface area contributed by atoms with Crippen LogP contribution in [0.25, 0.3) is 10.9 Å². The van der Waals surface area contributed by atoms with E-state index in [1.165, 1.54) is 5.56 Å². The number of hydrogen-bond donors (Lipinski definition) is 1. The number of methoxy groups -OCH3 is 1. The van der Waals surface area contributed by atoms with E-state index in [4.69, 9.17) is 9.47 Å². The fourth-order valence-corrected chi connectivity index (χ4v) is 3.79. The van der Waals surface area contributed by atoms with E-state index in [9.17, 15) is 4.79 Å². The number of carbonyl (C=O) groups excluding carboxylic acids is 1. The third kappa shape index (κ3) is 4.78. The quantitative estimate of drug-likeness (QED) is 0.682. The Kier molecular flexibility index (Phi) is 6.26. The molecule has 1 aliphatic rings. The van der Waals surface area contributed by atoms with Crippen LogP contribution in [0.4, 0.5) is 0 Å². The summed E-state index contributed by atoms with van der Waals surface area (Å²) in [5.41, 5.74) is 3.39. The molecule has 1 saturated heterocycles. The van der Waals surface area contributed by atoms with Crippen LogP contribution in [0.1, 0.15) is 21.6 Å². The molecule has 0 bridgehead atoms. The number of pyridine rings is 1. The highest BCUT2D eigenvalue weighted by molar-refractivity contribution is 5.98. The molecule has 2 heterocycles. The summed E-state index contributed by atoms with van der Waals surface area (Å²) < 4.78 is 11.1. The van der Waals surface area contributed by atoms with Crippen LogP contribution in [0.5, 0.6) is 5.75 Å². The van der Waals surface area contributed by atoms with Gasteiger partial charge in [-0.15, -0.1) is 0 Å². The molecule has 6 heteroatoms. The van der Waals surface area contributed by atoms with Gasteiger partial charge in [0.25, 0.3) is 5.91 Å². The molecule has 1 fully saturated rings. The van der Waals surface area contributed by atoms with Crippen molar-refractivity contribution in [3.63, 3.8) is 0 Å². The number of ether oxygens (including phenoxy) is 2. The molecule has 1 N–H and O–H groups in total. The Morgan fingerprint density at radius 1 is 1.23 bits per heavy atom. The van der Waals surface area contributed by atoms with Gasteiger partial charge in [-0.3, -0.25) is 14.7 Å². The Morgan fingerprint density at radius 2 is 2.07 bits per heavy atom. The highest BCUT2D eigenvalue weighted by Crippen LogP contribution is 2.21. The zero-order valence-corrected chi connectivity index (χ0v) is 17.4. The molecule has 0 spiro atoms. The molecule has 0 aliphatic carbocycles. The molecule has 0 saturated carbocycles. The second-order valence-electron chi connectivity index (χ2n) is 7.60. The summed E-state index contributed by atoms with van der Waals surface area (Å²) in [6.07, 6.45) is -0.0237. The molecule has 1 aliphatic heterocycles. The van der Waals surface area contributed by atoms with Gasteiger partial charge in [0.2, 0.25) is 0 Å². The van der Waals surface area contributed by atoms with E-state index < -0.39 is 0 Å². The Hall–Kier alpha value is -2.96. The molecule has 1 unspecified atom stereocenters. The number of aromatic nitrogens is 1. The zero-order chi connectivity index (χ0) is 20.9. The number of nitrogens with zero attached hydrogens (tertiary/aromatic N) is 2. The Bertz CT molecular complexity index is 1020. The Labute approximate surface area is 176 Å². The summed E-state index contributed by atoms with van der Waals surface area (Å²) in [5, 5.41) is 3.94. The van der Waals surface area contributed by atoms with Crippen molar-refractivity contribution in [2.75, 3.05) is 33.4 Å². The lowest BCUT2D eigenvalue weighted by Gasteiger charge is -2.33. The molecule has 6 nitrogen and oxygen atoms in total. The summed E-state index contributed by atoms with van der Waals surface area (Å²) >= 11 is 0. The molecule has 1 amide bonds. The standard InChI is InChI=1S/C24H27N3O3/c1-17-22(12-19-8-9-20(29-2)13-23(19)26-17)24(28)25-14-21-16-27(10-11-30-21)15-18-6-4-3-5-7-18/h3-9,12-13,21H,10-11,14-16H2,1-2H3,(H,25,28). The first-order chi connectivity index (χ1) is 14.6. The minimum absolute atomic E-state index is 0.0237. The summed E-state index contributed by atoms with van der Waals surface area (Å²) in [6.45, 7) is 5.59. The van der Waals surface area contributed by atoms with Crippen LogP contribution in [0.3, 0.4) is 0 Å². The maximum atomic E-state index is 12.8. The molecule has 2 aromatic carbocycles. The van der Waals surface area contributed by atoms with E-state index >= 15 is 0 Å². The lowest BCUT2D eigenvalue weighted by atomic mass is 10.1. The number of benzene rings is 2. The fourth-order valence-electron chi connectivity index (χ4n) is 3.79. The third-order valence-corrected chi connectivity index (χ3v) is 5.42. The van der Waals surface area contributed by atoms with E-state index in [0.717, 1.165) is 36.3 Å². The van der Waals surface area contributed by atoms with E-state index in [2.05, 4.69) is 39.5 Å². The van der Waals surface area contributed by atoms with Gasteiger partial charge in [0.15, 0.2) is 0 Å². The largest absolute Gasteiger partial charge is 0.497 e. The average Bonchev–Trinajstić information content (AvgIpc) is 2.77. The predicted molar refractivity (Wildman–Crippen MR) is 117 cm³/mol. The first-order valence-electron chi connectivity index (χ1n) is 10.2. The van der Waals surface area contributed by atoms with Crippen molar-refractivity contribution in [1.29, 1.82) is 0 Å². The number of carbonyl (C=O) groups is 1. The van der Waals surface area contributed by atoms with Crippen LogP contribution in [0.15, 0.2) is 54.6 Å². The third-order valence-electron chi connectivity index (χ3n) is 5.42. The molecule has 4 rings (SSSR count). The number of amides is 1. The fraction of sp³-hybridized carbons (Fsp3) is 0.333. The zero-order valence-electron chi connectivity index (χ0n) is 17.4. The van der Waals surface area contributed by atoms with Crippen LogP contribution in [0, 0.1) is 6.92 Å². The van der Waals surface area contributed by atoms with Crippen molar-refractivity contribution in [3.8, 4) is 5.75 Å². The lowest BCUT2D eigenvalue weighted by molar-refractivity contribution is -0.0292. The van der Waals surface area contributed by atoms with Gasteiger partial charge in [-0.25, -0.2) is 0 Å². The number of rotatable bonds is 6. The van der Waals surface area contributed by atoms with E-state index in [-0.39, 0.29) is 12.0 Å². The molecule has 30 heavy (non-hydrogen) atoms. The van der Waals surface area contributed by atoms with Crippen molar-refractivity contribution >= 4 is 16.8 Å². The number of nitrogens with one attached hydrogen (secondary N) is 1. The first-order valence-corrected chi connectivity index (χ1v) is 10.2. The van der Waals surface area contributed by atoms with Crippen molar-refractivity contribution < 1.29 is 14.3 Å². The Balaban J connectivity index is 1.37. The first kappa shape index (κ1) is 20.3. The van der Waals surface area contributed by atoms with E-state index in [0.29, 0.717) is 24.4 Å². The number of morpholine rings is 1. The van der Waals surface area contributed by atoms with Gasteiger partial charge in [0, 0.05) is 37.6 Å². The maximum absolute atomic E-state index is 12.8. The van der Waals surface area contributed by atoms with Crippen molar-refractivity contribution in [3.05, 3.63) is 71.4 Å². The molecule has 1 aromatic heterocycles. The van der Waals surface area contributed by atoms with Gasteiger partial charge in [-0.05, 0) is 30.7 Å². The Morgan fingerprint density at radius 3 is 2.87 bits per heavy atom. The molecule has 0 radical (unpaired) electrons.